The predicted octanol–water partition coefficient (Wildman–Crippen LogP) is 4.69. The van der Waals surface area contributed by atoms with Crippen molar-refractivity contribution in [3.63, 3.8) is 0 Å². The molecule has 216 valence electrons. The van der Waals surface area contributed by atoms with Gasteiger partial charge in [0.2, 0.25) is 5.91 Å². The number of nitrogens with zero attached hydrogens (tertiary/aromatic N) is 2. The molecule has 3 N–H and O–H groups in total. The Hall–Kier alpha value is -3.32. The maximum atomic E-state index is 12.9. The molecule has 0 radical (unpaired) electrons. The van der Waals surface area contributed by atoms with Crippen molar-refractivity contribution in [2.45, 2.75) is 59.6 Å². The summed E-state index contributed by atoms with van der Waals surface area (Å²) in [7, 11) is 0. The van der Waals surface area contributed by atoms with Crippen LogP contribution >= 0.6 is 12.4 Å². The molecule has 0 atom stereocenters. The Bertz CT molecular complexity index is 1150. The molecule has 0 saturated heterocycles. The number of ether oxygens (including phenoxy) is 2. The van der Waals surface area contributed by atoms with Gasteiger partial charge < -0.3 is 20.5 Å². The molecular formula is C25H31ClF4N4O5. The van der Waals surface area contributed by atoms with E-state index >= 15 is 0 Å². The number of carbonyl (C=O) groups excluding carboxylic acids is 3. The molecule has 1 amide bonds. The summed E-state index contributed by atoms with van der Waals surface area (Å²) >= 11 is 0. The third-order valence-corrected chi connectivity index (χ3v) is 5.59. The monoisotopic (exact) mass is 578 g/mol. The van der Waals surface area contributed by atoms with Crippen LogP contribution in [-0.2, 0) is 27.4 Å². The lowest BCUT2D eigenvalue weighted by Gasteiger charge is -2.12. The standard InChI is InChI=1S/C15H18F2N2O3.C10H12F2N2O2.ClH/c1-3-22-13(20)10-6-9(7-18-11(10)12(16)17)8-19-14(21)15(2)4-5-15;1-2-16-10(15)7-3-6(4-13)5-14-8(7)9(11)12;/h6-7,12H,3-5,8H2,1-2H3,(H,19,21);3,5,9H,2,4,13H2,1H3;1H. The number of pyridine rings is 2. The minimum atomic E-state index is -2.87. The number of nitrogens with one attached hydrogen (secondary N) is 1. The number of hydrogen-bond acceptors (Lipinski definition) is 8. The molecule has 3 rings (SSSR count). The van der Waals surface area contributed by atoms with E-state index in [1.807, 2.05) is 6.92 Å². The van der Waals surface area contributed by atoms with Gasteiger partial charge in [0.1, 0.15) is 11.4 Å². The van der Waals surface area contributed by atoms with Crippen LogP contribution in [0.1, 0.15) is 89.7 Å². The Morgan fingerprint density at radius 1 is 0.923 bits per heavy atom. The molecule has 14 heteroatoms. The summed E-state index contributed by atoms with van der Waals surface area (Å²) in [6.07, 6.45) is -1.53. The maximum Gasteiger partial charge on any atom is 0.340 e. The Kier molecular flexibility index (Phi) is 13.2. The van der Waals surface area contributed by atoms with Gasteiger partial charge in [-0.3, -0.25) is 14.8 Å². The Morgan fingerprint density at radius 3 is 1.74 bits per heavy atom. The highest BCUT2D eigenvalue weighted by atomic mass is 35.5. The zero-order chi connectivity index (χ0) is 28.5. The quantitative estimate of drug-likeness (QED) is 0.306. The number of rotatable bonds is 10. The molecule has 2 aromatic heterocycles. The van der Waals surface area contributed by atoms with Gasteiger partial charge in [-0.1, -0.05) is 6.92 Å². The number of esters is 2. The largest absolute Gasteiger partial charge is 0.462 e. The number of carbonyl (C=O) groups is 3. The van der Waals surface area contributed by atoms with Crippen LogP contribution in [0.3, 0.4) is 0 Å². The van der Waals surface area contributed by atoms with E-state index < -0.39 is 36.2 Å². The van der Waals surface area contributed by atoms with Crippen LogP contribution in [-0.4, -0.2) is 41.0 Å². The molecule has 39 heavy (non-hydrogen) atoms. The van der Waals surface area contributed by atoms with Crippen molar-refractivity contribution in [3.05, 3.63) is 58.2 Å². The Labute approximate surface area is 229 Å². The molecule has 0 aliphatic heterocycles. The molecule has 0 unspecified atom stereocenters. The number of halogens is 5. The highest BCUT2D eigenvalue weighted by molar-refractivity contribution is 5.91. The number of amides is 1. The predicted molar refractivity (Wildman–Crippen MR) is 135 cm³/mol. The summed E-state index contributed by atoms with van der Waals surface area (Å²) in [6.45, 7) is 5.52. The van der Waals surface area contributed by atoms with Gasteiger partial charge in [0.05, 0.1) is 24.3 Å². The second-order valence-electron chi connectivity index (χ2n) is 8.54. The van der Waals surface area contributed by atoms with E-state index in [1.165, 1.54) is 24.5 Å². The summed E-state index contributed by atoms with van der Waals surface area (Å²) in [5.41, 5.74) is 4.34. The van der Waals surface area contributed by atoms with Crippen LogP contribution in [0.4, 0.5) is 17.6 Å². The van der Waals surface area contributed by atoms with E-state index in [2.05, 4.69) is 20.0 Å². The van der Waals surface area contributed by atoms with Crippen LogP contribution in [0.5, 0.6) is 0 Å². The first-order valence-electron chi connectivity index (χ1n) is 11.8. The van der Waals surface area contributed by atoms with Gasteiger partial charge in [0, 0.05) is 30.9 Å². The molecule has 1 fully saturated rings. The molecule has 1 saturated carbocycles. The van der Waals surface area contributed by atoms with Crippen LogP contribution < -0.4 is 11.1 Å². The normalized spacial score (nSPS) is 13.1. The van der Waals surface area contributed by atoms with Gasteiger partial charge in [-0.15, -0.1) is 12.4 Å². The number of nitrogens with two attached hydrogens (primary N) is 1. The van der Waals surface area contributed by atoms with Gasteiger partial charge in [0.15, 0.2) is 0 Å². The van der Waals surface area contributed by atoms with Crippen molar-refractivity contribution in [3.8, 4) is 0 Å². The molecule has 9 nitrogen and oxygen atoms in total. The van der Waals surface area contributed by atoms with Crippen molar-refractivity contribution >= 4 is 30.3 Å². The topological polar surface area (TPSA) is 134 Å². The molecule has 1 aliphatic carbocycles. The van der Waals surface area contributed by atoms with E-state index in [0.29, 0.717) is 11.1 Å². The first kappa shape index (κ1) is 33.7. The average Bonchev–Trinajstić information content (AvgIpc) is 3.65. The van der Waals surface area contributed by atoms with E-state index in [-0.39, 0.29) is 61.2 Å². The number of hydrogen-bond donors (Lipinski definition) is 2. The third kappa shape index (κ3) is 9.43. The van der Waals surface area contributed by atoms with E-state index in [0.717, 1.165) is 12.8 Å². The second kappa shape index (κ2) is 15.3. The average molecular weight is 579 g/mol. The van der Waals surface area contributed by atoms with E-state index in [9.17, 15) is 31.9 Å². The highest BCUT2D eigenvalue weighted by Crippen LogP contribution is 2.45. The first-order chi connectivity index (χ1) is 18.0. The van der Waals surface area contributed by atoms with Crippen LogP contribution in [0, 0.1) is 5.41 Å². The fraction of sp³-hybridized carbons (Fsp3) is 0.480. The Balaban J connectivity index is 0.000000399. The molecule has 1 aliphatic rings. The number of aromatic nitrogens is 2. The zero-order valence-corrected chi connectivity index (χ0v) is 22.5. The smallest absolute Gasteiger partial charge is 0.340 e. The molecule has 0 spiro atoms. The lowest BCUT2D eigenvalue weighted by molar-refractivity contribution is -0.125. The molecular weight excluding hydrogens is 548 g/mol. The van der Waals surface area contributed by atoms with Gasteiger partial charge in [-0.25, -0.2) is 27.2 Å². The first-order valence-corrected chi connectivity index (χ1v) is 11.8. The minimum Gasteiger partial charge on any atom is -0.462 e. The van der Waals surface area contributed by atoms with Crippen LogP contribution in [0.15, 0.2) is 24.5 Å². The lowest BCUT2D eigenvalue weighted by Crippen LogP contribution is -2.29. The van der Waals surface area contributed by atoms with Gasteiger partial charge in [-0.05, 0) is 49.9 Å². The van der Waals surface area contributed by atoms with Gasteiger partial charge >= 0.3 is 11.9 Å². The fourth-order valence-corrected chi connectivity index (χ4v) is 3.15. The molecule has 0 bridgehead atoms. The van der Waals surface area contributed by atoms with Crippen molar-refractivity contribution < 1.29 is 41.4 Å². The highest BCUT2D eigenvalue weighted by Gasteiger charge is 2.44. The minimum absolute atomic E-state index is 0. The Morgan fingerprint density at radius 2 is 1.36 bits per heavy atom. The van der Waals surface area contributed by atoms with Crippen molar-refractivity contribution in [2.75, 3.05) is 13.2 Å². The lowest BCUT2D eigenvalue weighted by atomic mass is 10.1. The summed E-state index contributed by atoms with van der Waals surface area (Å²) in [4.78, 5) is 42.2. The van der Waals surface area contributed by atoms with Gasteiger partial charge in [-0.2, -0.15) is 0 Å². The van der Waals surface area contributed by atoms with Crippen molar-refractivity contribution in [1.82, 2.24) is 15.3 Å². The summed E-state index contributed by atoms with van der Waals surface area (Å²) in [6, 6.07) is 2.58. The van der Waals surface area contributed by atoms with Crippen molar-refractivity contribution in [1.29, 1.82) is 0 Å². The maximum absolute atomic E-state index is 12.9. The molecule has 0 aromatic carbocycles. The molecule has 2 aromatic rings. The summed E-state index contributed by atoms with van der Waals surface area (Å²) < 4.78 is 60.4. The van der Waals surface area contributed by atoms with Gasteiger partial charge in [0.25, 0.3) is 12.9 Å². The fourth-order valence-electron chi connectivity index (χ4n) is 3.15. The van der Waals surface area contributed by atoms with Crippen LogP contribution in [0.25, 0.3) is 0 Å². The number of alkyl halides is 4. The SMILES string of the molecule is CCOC(=O)c1cc(CN)cnc1C(F)F.CCOC(=O)c1cc(CNC(=O)C2(C)CC2)cnc1C(F)F.Cl. The van der Waals surface area contributed by atoms with Crippen LogP contribution in [0.2, 0.25) is 0 Å². The van der Waals surface area contributed by atoms with E-state index in [4.69, 9.17) is 10.5 Å². The second-order valence-corrected chi connectivity index (χ2v) is 8.54. The summed E-state index contributed by atoms with van der Waals surface area (Å²) in [5.74, 6) is -1.73. The van der Waals surface area contributed by atoms with E-state index in [1.54, 1.807) is 13.8 Å². The molecule has 2 heterocycles. The zero-order valence-electron chi connectivity index (χ0n) is 21.6. The van der Waals surface area contributed by atoms with Crippen molar-refractivity contribution in [2.24, 2.45) is 11.1 Å². The third-order valence-electron chi connectivity index (χ3n) is 5.59. The summed E-state index contributed by atoms with van der Waals surface area (Å²) in [5, 5.41) is 2.73.